The van der Waals surface area contributed by atoms with E-state index in [0.717, 1.165) is 24.7 Å². The minimum Gasteiger partial charge on any atom is -0.303 e. The Balaban J connectivity index is 1.89. The van der Waals surface area contributed by atoms with E-state index in [2.05, 4.69) is 11.8 Å². The Morgan fingerprint density at radius 2 is 1.74 bits per heavy atom. The van der Waals surface area contributed by atoms with Crippen molar-refractivity contribution in [1.29, 1.82) is 0 Å². The van der Waals surface area contributed by atoms with Crippen molar-refractivity contribution in [3.63, 3.8) is 0 Å². The Morgan fingerprint density at radius 3 is 2.39 bits per heavy atom. The first-order valence-corrected chi connectivity index (χ1v) is 7.88. The Morgan fingerprint density at radius 1 is 1.09 bits per heavy atom. The van der Waals surface area contributed by atoms with Crippen molar-refractivity contribution in [2.24, 2.45) is 11.3 Å². The molecule has 114 valence electrons. The maximum absolute atomic E-state index is 12.9. The number of hydrogen-bond donors (Lipinski definition) is 0. The molecule has 3 rings (SSSR count). The Labute approximate surface area is 136 Å². The highest BCUT2D eigenvalue weighted by molar-refractivity contribution is 6.05. The second-order valence-electron chi connectivity index (χ2n) is 5.93. The molecule has 0 aliphatic heterocycles. The van der Waals surface area contributed by atoms with Gasteiger partial charge in [-0.15, -0.1) is 0 Å². The maximum Gasteiger partial charge on any atom is 0.181 e. The molecule has 0 aromatic heterocycles. The van der Waals surface area contributed by atoms with Crippen LogP contribution in [-0.4, -0.2) is 12.1 Å². The average molecular weight is 302 g/mol. The zero-order valence-electron chi connectivity index (χ0n) is 12.9. The molecular formula is C21H18O2. The Kier molecular flexibility index (Phi) is 4.39. The minimum absolute atomic E-state index is 0.0810. The number of hydrogen-bond acceptors (Lipinski definition) is 2. The SMILES string of the molecule is O=CCC[C@H]1C[C@]1(C#Cc1ccccc1)C(=O)c1ccccc1. The van der Waals surface area contributed by atoms with E-state index in [-0.39, 0.29) is 11.7 Å². The van der Waals surface area contributed by atoms with Crippen LogP contribution in [0.4, 0.5) is 0 Å². The van der Waals surface area contributed by atoms with Crippen LogP contribution in [0, 0.1) is 23.2 Å². The lowest BCUT2D eigenvalue weighted by Crippen LogP contribution is -2.17. The van der Waals surface area contributed by atoms with Crippen LogP contribution in [0.2, 0.25) is 0 Å². The zero-order valence-corrected chi connectivity index (χ0v) is 12.9. The zero-order chi connectivity index (χ0) is 16.1. The summed E-state index contributed by atoms with van der Waals surface area (Å²) in [5.74, 6) is 6.63. The van der Waals surface area contributed by atoms with Gasteiger partial charge in [-0.1, -0.05) is 60.4 Å². The molecule has 1 aliphatic carbocycles. The predicted octanol–water partition coefficient (Wildman–Crippen LogP) is 3.91. The molecule has 1 fully saturated rings. The fourth-order valence-corrected chi connectivity index (χ4v) is 2.99. The van der Waals surface area contributed by atoms with Gasteiger partial charge >= 0.3 is 0 Å². The molecule has 1 aliphatic rings. The summed E-state index contributed by atoms with van der Waals surface area (Å²) >= 11 is 0. The van der Waals surface area contributed by atoms with Crippen LogP contribution in [0.3, 0.4) is 0 Å². The van der Waals surface area contributed by atoms with Crippen molar-refractivity contribution < 1.29 is 9.59 Å². The summed E-state index contributed by atoms with van der Waals surface area (Å²) in [4.78, 5) is 23.6. The molecule has 0 unspecified atom stereocenters. The third-order valence-electron chi connectivity index (χ3n) is 4.38. The standard InChI is InChI=1S/C21H18O2/c22-15-7-12-19-16-21(19,14-13-17-8-3-1-4-9-17)20(23)18-10-5-2-6-11-18/h1-6,8-11,15,19H,7,12,16H2/t19-,21-/m0/s1. The van der Waals surface area contributed by atoms with Crippen molar-refractivity contribution in [2.45, 2.75) is 19.3 Å². The van der Waals surface area contributed by atoms with E-state index in [1.54, 1.807) is 0 Å². The van der Waals surface area contributed by atoms with Crippen molar-refractivity contribution >= 4 is 12.1 Å². The predicted molar refractivity (Wildman–Crippen MR) is 89.9 cm³/mol. The fraction of sp³-hybridized carbons (Fsp3) is 0.238. The summed E-state index contributed by atoms with van der Waals surface area (Å²) < 4.78 is 0. The quantitative estimate of drug-likeness (QED) is 0.477. The van der Waals surface area contributed by atoms with Gasteiger partial charge in [0.1, 0.15) is 6.29 Å². The summed E-state index contributed by atoms with van der Waals surface area (Å²) in [6.07, 6.45) is 2.88. The largest absolute Gasteiger partial charge is 0.303 e. The fourth-order valence-electron chi connectivity index (χ4n) is 2.99. The van der Waals surface area contributed by atoms with Crippen LogP contribution >= 0.6 is 0 Å². The minimum atomic E-state index is -0.625. The van der Waals surface area contributed by atoms with Gasteiger partial charge in [-0.2, -0.15) is 0 Å². The normalized spacial score (nSPS) is 21.8. The van der Waals surface area contributed by atoms with Gasteiger partial charge in [-0.3, -0.25) is 4.79 Å². The topological polar surface area (TPSA) is 34.1 Å². The molecule has 2 nitrogen and oxygen atoms in total. The molecule has 0 spiro atoms. The van der Waals surface area contributed by atoms with Gasteiger partial charge in [0.15, 0.2) is 5.78 Å². The number of ketones is 1. The maximum atomic E-state index is 12.9. The van der Waals surface area contributed by atoms with Crippen molar-refractivity contribution in [3.05, 3.63) is 71.8 Å². The molecule has 2 heteroatoms. The van der Waals surface area contributed by atoms with Gasteiger partial charge in [0.25, 0.3) is 0 Å². The van der Waals surface area contributed by atoms with Gasteiger partial charge < -0.3 is 4.79 Å². The number of Topliss-reactive ketones (excluding diaryl/α,β-unsaturated/α-hetero) is 1. The number of rotatable bonds is 5. The summed E-state index contributed by atoms with van der Waals surface area (Å²) in [7, 11) is 0. The third-order valence-corrected chi connectivity index (χ3v) is 4.38. The molecule has 0 radical (unpaired) electrons. The molecule has 0 N–H and O–H groups in total. The van der Waals surface area contributed by atoms with Crippen molar-refractivity contribution in [1.82, 2.24) is 0 Å². The van der Waals surface area contributed by atoms with Crippen LogP contribution in [-0.2, 0) is 4.79 Å². The van der Waals surface area contributed by atoms with E-state index in [1.807, 2.05) is 60.7 Å². The summed E-state index contributed by atoms with van der Waals surface area (Å²) in [5.41, 5.74) is 0.984. The Hall–Kier alpha value is -2.66. The second-order valence-corrected chi connectivity index (χ2v) is 5.93. The molecule has 2 aromatic carbocycles. The number of carbonyl (C=O) groups is 2. The lowest BCUT2D eigenvalue weighted by molar-refractivity contribution is -0.108. The van der Waals surface area contributed by atoms with Gasteiger partial charge in [0.05, 0.1) is 5.41 Å². The lowest BCUT2D eigenvalue weighted by Gasteiger charge is -2.09. The van der Waals surface area contributed by atoms with Gasteiger partial charge in [-0.25, -0.2) is 0 Å². The molecule has 0 amide bonds. The second kappa shape index (κ2) is 6.62. The van der Waals surface area contributed by atoms with Gasteiger partial charge in [0.2, 0.25) is 0 Å². The third kappa shape index (κ3) is 3.24. The van der Waals surface area contributed by atoms with Crippen LogP contribution in [0.1, 0.15) is 35.2 Å². The molecule has 0 saturated heterocycles. The molecule has 0 heterocycles. The summed E-state index contributed by atoms with van der Waals surface area (Å²) in [6, 6.07) is 19.0. The molecule has 23 heavy (non-hydrogen) atoms. The van der Waals surface area contributed by atoms with E-state index in [9.17, 15) is 9.59 Å². The van der Waals surface area contributed by atoms with E-state index in [1.165, 1.54) is 0 Å². The summed E-state index contributed by atoms with van der Waals surface area (Å²) in [5, 5.41) is 0. The van der Waals surface area contributed by atoms with E-state index >= 15 is 0 Å². The highest BCUT2D eigenvalue weighted by Crippen LogP contribution is 2.56. The number of aldehydes is 1. The van der Waals surface area contributed by atoms with Crippen LogP contribution in [0.15, 0.2) is 60.7 Å². The highest BCUT2D eigenvalue weighted by Gasteiger charge is 2.58. The molecule has 2 atom stereocenters. The molecule has 1 saturated carbocycles. The lowest BCUT2D eigenvalue weighted by atomic mass is 9.91. The van der Waals surface area contributed by atoms with Gasteiger partial charge in [-0.05, 0) is 30.9 Å². The van der Waals surface area contributed by atoms with E-state index in [4.69, 9.17) is 0 Å². The smallest absolute Gasteiger partial charge is 0.181 e. The first-order chi connectivity index (χ1) is 11.3. The van der Waals surface area contributed by atoms with Crippen LogP contribution in [0.5, 0.6) is 0 Å². The number of carbonyl (C=O) groups excluding carboxylic acids is 2. The average Bonchev–Trinajstić information content (AvgIpc) is 3.33. The molecular weight excluding hydrogens is 284 g/mol. The molecule has 2 aromatic rings. The summed E-state index contributed by atoms with van der Waals surface area (Å²) in [6.45, 7) is 0. The van der Waals surface area contributed by atoms with E-state index < -0.39 is 5.41 Å². The molecule has 0 bridgehead atoms. The van der Waals surface area contributed by atoms with Gasteiger partial charge in [0, 0.05) is 17.5 Å². The monoisotopic (exact) mass is 302 g/mol. The van der Waals surface area contributed by atoms with E-state index in [0.29, 0.717) is 12.0 Å². The number of benzene rings is 2. The van der Waals surface area contributed by atoms with Crippen LogP contribution in [0.25, 0.3) is 0 Å². The first kappa shape index (κ1) is 15.2. The van der Waals surface area contributed by atoms with Crippen molar-refractivity contribution in [2.75, 3.05) is 0 Å². The first-order valence-electron chi connectivity index (χ1n) is 7.88. The highest BCUT2D eigenvalue weighted by atomic mass is 16.1. The van der Waals surface area contributed by atoms with Crippen LogP contribution < -0.4 is 0 Å². The van der Waals surface area contributed by atoms with Crippen molar-refractivity contribution in [3.8, 4) is 11.8 Å². The Bertz CT molecular complexity index is 753.